The van der Waals surface area contributed by atoms with Gasteiger partial charge in [0.25, 0.3) is 0 Å². The van der Waals surface area contributed by atoms with Crippen LogP contribution in [-0.2, 0) is 4.79 Å². The number of benzene rings is 1. The van der Waals surface area contributed by atoms with Gasteiger partial charge in [-0.05, 0) is 45.5 Å². The lowest BCUT2D eigenvalue weighted by Crippen LogP contribution is -2.52. The fourth-order valence-electron chi connectivity index (χ4n) is 3.28. The zero-order valence-corrected chi connectivity index (χ0v) is 14.7. The summed E-state index contributed by atoms with van der Waals surface area (Å²) in [6.45, 7) is 10.8. The van der Waals surface area contributed by atoms with Crippen LogP contribution in [0, 0.1) is 0 Å². The third-order valence-corrected chi connectivity index (χ3v) is 4.93. The van der Waals surface area contributed by atoms with E-state index in [0.717, 1.165) is 44.0 Å². The normalized spacial score (nSPS) is 21.1. The van der Waals surface area contributed by atoms with Crippen molar-refractivity contribution in [3.05, 3.63) is 29.8 Å². The third kappa shape index (κ3) is 4.03. The number of anilines is 1. The van der Waals surface area contributed by atoms with E-state index in [-0.39, 0.29) is 0 Å². The van der Waals surface area contributed by atoms with E-state index in [1.807, 2.05) is 24.3 Å². The molecule has 1 N–H and O–H groups in total. The van der Waals surface area contributed by atoms with Gasteiger partial charge in [-0.3, -0.25) is 9.69 Å². The van der Waals surface area contributed by atoms with Gasteiger partial charge in [0.1, 0.15) is 6.04 Å². The van der Waals surface area contributed by atoms with E-state index in [9.17, 15) is 9.90 Å². The molecule has 23 heavy (non-hydrogen) atoms. The monoisotopic (exact) mass is 319 g/mol. The van der Waals surface area contributed by atoms with Gasteiger partial charge in [0.2, 0.25) is 0 Å². The van der Waals surface area contributed by atoms with E-state index < -0.39 is 12.0 Å². The fourth-order valence-corrected chi connectivity index (χ4v) is 3.28. The average Bonchev–Trinajstić information content (AvgIpc) is 2.53. The molecule has 128 valence electrons. The van der Waals surface area contributed by atoms with Crippen LogP contribution in [0.4, 0.5) is 5.69 Å². The van der Waals surface area contributed by atoms with E-state index in [2.05, 4.69) is 42.5 Å². The first kappa shape index (κ1) is 17.8. The summed E-state index contributed by atoms with van der Waals surface area (Å²) in [6.07, 6.45) is 0. The topological polar surface area (TPSA) is 47.0 Å². The Kier molecular flexibility index (Phi) is 6.02. The van der Waals surface area contributed by atoms with Crippen molar-refractivity contribution in [2.45, 2.75) is 32.9 Å². The highest BCUT2D eigenvalue weighted by Crippen LogP contribution is 2.26. The smallest absolute Gasteiger partial charge is 0.325 e. The van der Waals surface area contributed by atoms with E-state index >= 15 is 0 Å². The molecule has 1 aromatic rings. The second kappa shape index (κ2) is 7.79. The molecule has 5 nitrogen and oxygen atoms in total. The Bertz CT molecular complexity index is 514. The fraction of sp³-hybridized carbons (Fsp3) is 0.611. The van der Waals surface area contributed by atoms with E-state index in [4.69, 9.17) is 0 Å². The Balaban J connectivity index is 2.20. The lowest BCUT2D eigenvalue weighted by molar-refractivity contribution is -0.144. The highest BCUT2D eigenvalue weighted by Gasteiger charge is 2.32. The lowest BCUT2D eigenvalue weighted by atomic mass is 10.0. The number of hydrogen-bond donors (Lipinski definition) is 1. The van der Waals surface area contributed by atoms with Crippen molar-refractivity contribution in [3.8, 4) is 0 Å². The number of rotatable bonds is 6. The molecule has 1 fully saturated rings. The van der Waals surface area contributed by atoms with Crippen molar-refractivity contribution in [2.24, 2.45) is 0 Å². The van der Waals surface area contributed by atoms with Crippen LogP contribution in [0.25, 0.3) is 0 Å². The van der Waals surface area contributed by atoms with Crippen LogP contribution in [0.15, 0.2) is 24.3 Å². The highest BCUT2D eigenvalue weighted by atomic mass is 16.4. The Morgan fingerprint density at radius 1 is 1.26 bits per heavy atom. The summed E-state index contributed by atoms with van der Waals surface area (Å²) >= 11 is 0. The standard InChI is InChI=1S/C18H29N3O2/c1-5-20(6-2)16-9-7-15(8-10-16)17(18(22)23)21-12-11-19(4)14(3)13-21/h7-10,14,17H,5-6,11-13H2,1-4H3,(H,22,23). The van der Waals surface area contributed by atoms with Crippen LogP contribution >= 0.6 is 0 Å². The Hall–Kier alpha value is -1.59. The van der Waals surface area contributed by atoms with Gasteiger partial charge < -0.3 is 14.9 Å². The number of likely N-dealkylation sites (N-methyl/N-ethyl adjacent to an activating group) is 1. The molecule has 2 unspecified atom stereocenters. The molecule has 0 spiro atoms. The van der Waals surface area contributed by atoms with Crippen molar-refractivity contribution in [3.63, 3.8) is 0 Å². The van der Waals surface area contributed by atoms with E-state index in [0.29, 0.717) is 6.04 Å². The SMILES string of the molecule is CCN(CC)c1ccc(C(C(=O)O)N2CCN(C)C(C)C2)cc1. The van der Waals surface area contributed by atoms with Crippen molar-refractivity contribution < 1.29 is 9.90 Å². The number of hydrogen-bond acceptors (Lipinski definition) is 4. The van der Waals surface area contributed by atoms with E-state index in [1.54, 1.807) is 0 Å². The molecule has 1 aliphatic rings. The molecule has 1 heterocycles. The Morgan fingerprint density at radius 3 is 2.35 bits per heavy atom. The number of nitrogens with zero attached hydrogens (tertiary/aromatic N) is 3. The summed E-state index contributed by atoms with van der Waals surface area (Å²) in [7, 11) is 2.09. The predicted octanol–water partition coefficient (Wildman–Crippen LogP) is 2.29. The molecule has 0 bridgehead atoms. The van der Waals surface area contributed by atoms with Crippen LogP contribution in [0.5, 0.6) is 0 Å². The number of carboxylic acids is 1. The minimum absolute atomic E-state index is 0.376. The minimum atomic E-state index is -0.766. The number of carbonyl (C=O) groups is 1. The van der Waals surface area contributed by atoms with Crippen LogP contribution in [0.3, 0.4) is 0 Å². The quantitative estimate of drug-likeness (QED) is 0.872. The average molecular weight is 319 g/mol. The molecule has 5 heteroatoms. The molecule has 1 aromatic carbocycles. The molecule has 0 radical (unpaired) electrons. The van der Waals surface area contributed by atoms with Gasteiger partial charge >= 0.3 is 5.97 Å². The summed E-state index contributed by atoms with van der Waals surface area (Å²) in [6, 6.07) is 7.83. The third-order valence-electron chi connectivity index (χ3n) is 4.93. The summed E-state index contributed by atoms with van der Waals surface area (Å²) in [5, 5.41) is 9.74. The number of carboxylic acid groups (broad SMARTS) is 1. The maximum Gasteiger partial charge on any atom is 0.325 e. The van der Waals surface area contributed by atoms with Gasteiger partial charge in [-0.15, -0.1) is 0 Å². The molecule has 0 aliphatic carbocycles. The Morgan fingerprint density at radius 2 is 1.87 bits per heavy atom. The van der Waals surface area contributed by atoms with Gasteiger partial charge in [-0.1, -0.05) is 12.1 Å². The largest absolute Gasteiger partial charge is 0.480 e. The maximum absolute atomic E-state index is 11.9. The first-order valence-corrected chi connectivity index (χ1v) is 8.49. The second-order valence-corrected chi connectivity index (χ2v) is 6.33. The van der Waals surface area contributed by atoms with Crippen molar-refractivity contribution in [1.29, 1.82) is 0 Å². The molecule has 2 rings (SSSR count). The van der Waals surface area contributed by atoms with Crippen LogP contribution in [0.2, 0.25) is 0 Å². The zero-order valence-electron chi connectivity index (χ0n) is 14.7. The van der Waals surface area contributed by atoms with Crippen LogP contribution in [-0.4, -0.2) is 66.7 Å². The molecule has 1 saturated heterocycles. The van der Waals surface area contributed by atoms with Crippen LogP contribution < -0.4 is 4.90 Å². The predicted molar refractivity (Wildman–Crippen MR) is 94.0 cm³/mol. The number of aliphatic carboxylic acids is 1. The molecular formula is C18H29N3O2. The summed E-state index contributed by atoms with van der Waals surface area (Å²) < 4.78 is 0. The Labute approximate surface area is 139 Å². The van der Waals surface area contributed by atoms with Gasteiger partial charge in [0.05, 0.1) is 0 Å². The van der Waals surface area contributed by atoms with Gasteiger partial charge in [0, 0.05) is 44.5 Å². The van der Waals surface area contributed by atoms with Gasteiger partial charge in [-0.25, -0.2) is 0 Å². The van der Waals surface area contributed by atoms with E-state index in [1.165, 1.54) is 0 Å². The number of piperazine rings is 1. The van der Waals surface area contributed by atoms with Crippen molar-refractivity contribution in [2.75, 3.05) is 44.7 Å². The molecular weight excluding hydrogens is 290 g/mol. The molecule has 0 saturated carbocycles. The zero-order chi connectivity index (χ0) is 17.0. The first-order valence-electron chi connectivity index (χ1n) is 8.49. The summed E-state index contributed by atoms with van der Waals surface area (Å²) in [4.78, 5) is 18.5. The molecule has 0 amide bonds. The first-order chi connectivity index (χ1) is 11.0. The lowest BCUT2D eigenvalue weighted by Gasteiger charge is -2.40. The van der Waals surface area contributed by atoms with Crippen molar-refractivity contribution in [1.82, 2.24) is 9.80 Å². The van der Waals surface area contributed by atoms with Gasteiger partial charge in [-0.2, -0.15) is 0 Å². The second-order valence-electron chi connectivity index (χ2n) is 6.33. The van der Waals surface area contributed by atoms with Crippen molar-refractivity contribution >= 4 is 11.7 Å². The van der Waals surface area contributed by atoms with Crippen LogP contribution in [0.1, 0.15) is 32.4 Å². The molecule has 1 aliphatic heterocycles. The molecule has 2 atom stereocenters. The highest BCUT2D eigenvalue weighted by molar-refractivity contribution is 5.76. The minimum Gasteiger partial charge on any atom is -0.480 e. The van der Waals surface area contributed by atoms with Gasteiger partial charge in [0.15, 0.2) is 0 Å². The molecule has 0 aromatic heterocycles. The summed E-state index contributed by atoms with van der Waals surface area (Å²) in [5.74, 6) is -0.766. The maximum atomic E-state index is 11.9. The summed E-state index contributed by atoms with van der Waals surface area (Å²) in [5.41, 5.74) is 2.01.